The van der Waals surface area contributed by atoms with Crippen LogP contribution in [0.15, 0.2) is 24.4 Å². The molecule has 0 saturated carbocycles. The zero-order valence-electron chi connectivity index (χ0n) is 11.1. The Morgan fingerprint density at radius 2 is 2.21 bits per heavy atom. The molecular weight excluding hydrogens is 266 g/mol. The van der Waals surface area contributed by atoms with E-state index >= 15 is 0 Å². The van der Waals surface area contributed by atoms with Crippen molar-refractivity contribution in [1.82, 2.24) is 14.3 Å². The summed E-state index contributed by atoms with van der Waals surface area (Å²) >= 11 is 6.04. The van der Waals surface area contributed by atoms with Crippen molar-refractivity contribution in [2.24, 2.45) is 0 Å². The van der Waals surface area contributed by atoms with Gasteiger partial charge in [0.15, 0.2) is 10.8 Å². The monoisotopic (exact) mass is 281 g/mol. The second kappa shape index (κ2) is 4.83. The number of nitrogens with zero attached hydrogens (tertiary/aromatic N) is 3. The molecule has 0 spiro atoms. The minimum Gasteiger partial charge on any atom is -0.389 e. The predicted octanol–water partition coefficient (Wildman–Crippen LogP) is 1.83. The lowest BCUT2D eigenvalue weighted by atomic mass is 10.1. The number of hydrogen-bond donors (Lipinski definition) is 1. The maximum Gasteiger partial charge on any atom is 0.273 e. The van der Waals surface area contributed by atoms with E-state index in [9.17, 15) is 9.90 Å². The van der Waals surface area contributed by atoms with E-state index in [1.54, 1.807) is 43.6 Å². The Morgan fingerprint density at radius 3 is 2.84 bits per heavy atom. The van der Waals surface area contributed by atoms with Gasteiger partial charge in [-0.15, -0.1) is 0 Å². The van der Waals surface area contributed by atoms with Crippen LogP contribution in [0.4, 0.5) is 0 Å². The molecule has 2 aromatic heterocycles. The van der Waals surface area contributed by atoms with Gasteiger partial charge < -0.3 is 10.0 Å². The lowest BCUT2D eigenvalue weighted by molar-refractivity contribution is 0.0364. The normalized spacial score (nSPS) is 11.8. The summed E-state index contributed by atoms with van der Waals surface area (Å²) in [4.78, 5) is 18.0. The van der Waals surface area contributed by atoms with E-state index in [0.717, 1.165) is 0 Å². The highest BCUT2D eigenvalue weighted by atomic mass is 35.5. The summed E-state index contributed by atoms with van der Waals surface area (Å²) in [5.41, 5.74) is -0.0336. The number of rotatable bonds is 3. The summed E-state index contributed by atoms with van der Waals surface area (Å²) in [7, 11) is 1.62. The molecule has 0 unspecified atom stereocenters. The topological polar surface area (TPSA) is 57.8 Å². The zero-order chi connectivity index (χ0) is 14.2. The number of aromatic nitrogens is 2. The lowest BCUT2D eigenvalue weighted by Gasteiger charge is -2.25. The van der Waals surface area contributed by atoms with Gasteiger partial charge in [-0.05, 0) is 26.0 Å². The SMILES string of the molecule is CN(CC(C)(C)O)C(=O)c1c(Cl)nc2ccccn12. The van der Waals surface area contributed by atoms with Crippen molar-refractivity contribution in [3.63, 3.8) is 0 Å². The van der Waals surface area contributed by atoms with Crippen LogP contribution in [0, 0.1) is 0 Å². The van der Waals surface area contributed by atoms with Gasteiger partial charge in [0.25, 0.3) is 5.91 Å². The molecule has 0 aromatic carbocycles. The minimum absolute atomic E-state index is 0.166. The fourth-order valence-electron chi connectivity index (χ4n) is 1.99. The Labute approximate surface area is 116 Å². The van der Waals surface area contributed by atoms with Gasteiger partial charge in [0.1, 0.15) is 5.65 Å². The number of amides is 1. The molecule has 0 atom stereocenters. The average Bonchev–Trinajstić information content (AvgIpc) is 2.61. The van der Waals surface area contributed by atoms with Crippen LogP contribution in [0.25, 0.3) is 5.65 Å². The van der Waals surface area contributed by atoms with E-state index in [0.29, 0.717) is 11.3 Å². The summed E-state index contributed by atoms with van der Waals surface area (Å²) < 4.78 is 1.64. The molecule has 2 rings (SSSR count). The summed E-state index contributed by atoms with van der Waals surface area (Å²) in [6.07, 6.45) is 1.74. The average molecular weight is 282 g/mol. The highest BCUT2D eigenvalue weighted by molar-refractivity contribution is 6.32. The molecule has 6 heteroatoms. The molecule has 0 saturated heterocycles. The van der Waals surface area contributed by atoms with Crippen LogP contribution < -0.4 is 0 Å². The first-order valence-corrected chi connectivity index (χ1v) is 6.28. The van der Waals surface area contributed by atoms with Gasteiger partial charge in [-0.3, -0.25) is 9.20 Å². The third kappa shape index (κ3) is 2.88. The highest BCUT2D eigenvalue weighted by Gasteiger charge is 2.25. The van der Waals surface area contributed by atoms with Crippen molar-refractivity contribution in [3.8, 4) is 0 Å². The van der Waals surface area contributed by atoms with Gasteiger partial charge in [-0.25, -0.2) is 4.98 Å². The van der Waals surface area contributed by atoms with E-state index in [1.165, 1.54) is 4.90 Å². The van der Waals surface area contributed by atoms with E-state index < -0.39 is 5.60 Å². The molecule has 0 aliphatic heterocycles. The van der Waals surface area contributed by atoms with Crippen molar-refractivity contribution in [3.05, 3.63) is 35.2 Å². The second-order valence-corrected chi connectivity index (χ2v) is 5.51. The molecule has 5 nitrogen and oxygen atoms in total. The number of fused-ring (bicyclic) bond motifs is 1. The number of halogens is 1. The molecule has 1 amide bonds. The van der Waals surface area contributed by atoms with Crippen LogP contribution in [0.1, 0.15) is 24.3 Å². The van der Waals surface area contributed by atoms with Crippen LogP contribution >= 0.6 is 11.6 Å². The first-order valence-electron chi connectivity index (χ1n) is 5.90. The predicted molar refractivity (Wildman–Crippen MR) is 73.5 cm³/mol. The van der Waals surface area contributed by atoms with Gasteiger partial charge in [-0.2, -0.15) is 0 Å². The molecule has 0 bridgehead atoms. The number of likely N-dealkylation sites (N-methyl/N-ethyl adjacent to an activating group) is 1. The Hall–Kier alpha value is -1.59. The lowest BCUT2D eigenvalue weighted by Crippen LogP contribution is -2.40. The van der Waals surface area contributed by atoms with Crippen molar-refractivity contribution in [2.75, 3.05) is 13.6 Å². The summed E-state index contributed by atoms with van der Waals surface area (Å²) in [5.74, 6) is -0.272. The van der Waals surface area contributed by atoms with E-state index in [4.69, 9.17) is 11.6 Å². The van der Waals surface area contributed by atoms with Gasteiger partial charge in [0.05, 0.1) is 5.60 Å². The molecule has 0 fully saturated rings. The van der Waals surface area contributed by atoms with E-state index in [1.807, 2.05) is 6.07 Å². The highest BCUT2D eigenvalue weighted by Crippen LogP contribution is 2.19. The van der Waals surface area contributed by atoms with Crippen LogP contribution in [-0.2, 0) is 0 Å². The molecule has 1 N–H and O–H groups in total. The molecule has 19 heavy (non-hydrogen) atoms. The summed E-state index contributed by atoms with van der Waals surface area (Å²) in [5, 5.41) is 9.93. The number of carbonyl (C=O) groups is 1. The number of imidazole rings is 1. The van der Waals surface area contributed by atoms with Crippen LogP contribution in [0.3, 0.4) is 0 Å². The van der Waals surface area contributed by atoms with E-state index in [-0.39, 0.29) is 17.6 Å². The maximum absolute atomic E-state index is 12.4. The molecule has 0 aliphatic rings. The van der Waals surface area contributed by atoms with Crippen molar-refractivity contribution < 1.29 is 9.90 Å². The first-order chi connectivity index (χ1) is 8.79. The summed E-state index contributed by atoms with van der Waals surface area (Å²) in [6.45, 7) is 3.50. The second-order valence-electron chi connectivity index (χ2n) is 5.15. The molecule has 2 aromatic rings. The largest absolute Gasteiger partial charge is 0.389 e. The van der Waals surface area contributed by atoms with Crippen LogP contribution in [0.5, 0.6) is 0 Å². The molecule has 102 valence electrons. The van der Waals surface area contributed by atoms with Crippen molar-refractivity contribution in [2.45, 2.75) is 19.4 Å². The number of pyridine rings is 1. The Balaban J connectivity index is 2.39. The van der Waals surface area contributed by atoms with Gasteiger partial charge >= 0.3 is 0 Å². The Bertz CT molecular complexity index is 616. The molecule has 0 radical (unpaired) electrons. The standard InChI is InChI=1S/C13H16ClN3O2/c1-13(2,19)8-16(3)12(18)10-11(14)15-9-6-4-5-7-17(9)10/h4-7,19H,8H2,1-3H3. The van der Waals surface area contributed by atoms with Crippen molar-refractivity contribution >= 4 is 23.2 Å². The number of carbonyl (C=O) groups excluding carboxylic acids is 1. The molecule has 0 aliphatic carbocycles. The maximum atomic E-state index is 12.4. The fourth-order valence-corrected chi connectivity index (χ4v) is 2.25. The molecule has 2 heterocycles. The van der Waals surface area contributed by atoms with Gasteiger partial charge in [0.2, 0.25) is 0 Å². The Kier molecular flexibility index (Phi) is 3.52. The Morgan fingerprint density at radius 1 is 1.53 bits per heavy atom. The third-order valence-corrected chi connectivity index (χ3v) is 2.92. The van der Waals surface area contributed by atoms with Crippen molar-refractivity contribution in [1.29, 1.82) is 0 Å². The fraction of sp³-hybridized carbons (Fsp3) is 0.385. The number of aliphatic hydroxyl groups is 1. The van der Waals surface area contributed by atoms with E-state index in [2.05, 4.69) is 4.98 Å². The summed E-state index contributed by atoms with van der Waals surface area (Å²) in [6, 6.07) is 5.41. The van der Waals surface area contributed by atoms with Gasteiger partial charge in [-0.1, -0.05) is 17.7 Å². The van der Waals surface area contributed by atoms with Crippen LogP contribution in [-0.4, -0.2) is 44.5 Å². The first kappa shape index (κ1) is 13.8. The van der Waals surface area contributed by atoms with Gasteiger partial charge in [0, 0.05) is 19.8 Å². The quantitative estimate of drug-likeness (QED) is 0.934. The third-order valence-electron chi connectivity index (χ3n) is 2.66. The smallest absolute Gasteiger partial charge is 0.273 e. The van der Waals surface area contributed by atoms with Crippen LogP contribution in [0.2, 0.25) is 5.15 Å². The number of hydrogen-bond acceptors (Lipinski definition) is 3. The minimum atomic E-state index is -0.961. The molecular formula is C13H16ClN3O2. The zero-order valence-corrected chi connectivity index (χ0v) is 11.8.